The van der Waals surface area contributed by atoms with Gasteiger partial charge < -0.3 is 9.73 Å². The van der Waals surface area contributed by atoms with Crippen molar-refractivity contribution in [3.8, 4) is 0 Å². The number of nitro groups is 1. The van der Waals surface area contributed by atoms with E-state index in [2.05, 4.69) is 21.2 Å². The molecule has 0 saturated heterocycles. The number of nitrogens with one attached hydrogen (secondary N) is 1. The fraction of sp³-hybridized carbons (Fsp3) is 0.231. The molecule has 6 heteroatoms. The molecule has 19 heavy (non-hydrogen) atoms. The van der Waals surface area contributed by atoms with Crippen molar-refractivity contribution < 1.29 is 9.34 Å². The lowest BCUT2D eigenvalue weighted by atomic mass is 10.3. The maximum Gasteiger partial charge on any atom is 0.285 e. The van der Waals surface area contributed by atoms with Crippen LogP contribution in [0.5, 0.6) is 0 Å². The average molecular weight is 325 g/mol. The number of hydrogen-bond donors (Lipinski definition) is 1. The zero-order valence-electron chi connectivity index (χ0n) is 10.4. The van der Waals surface area contributed by atoms with E-state index in [4.69, 9.17) is 4.42 Å². The van der Waals surface area contributed by atoms with Gasteiger partial charge in [-0.15, -0.1) is 0 Å². The zero-order chi connectivity index (χ0) is 13.8. The molecule has 5 nitrogen and oxygen atoms in total. The summed E-state index contributed by atoms with van der Waals surface area (Å²) in [6, 6.07) is 8.76. The minimum atomic E-state index is -0.419. The summed E-state index contributed by atoms with van der Waals surface area (Å²) in [5, 5.41) is 13.9. The molecule has 0 aliphatic heterocycles. The number of aryl methyl sites for hydroxylation is 1. The molecule has 0 atom stereocenters. The smallest absolute Gasteiger partial charge is 0.285 e. The molecule has 0 bridgehead atoms. The molecule has 2 rings (SSSR count). The number of anilines is 1. The Labute approximate surface area is 118 Å². The van der Waals surface area contributed by atoms with Crippen LogP contribution in [0.3, 0.4) is 0 Å². The number of furan rings is 1. The van der Waals surface area contributed by atoms with Gasteiger partial charge in [-0.2, -0.15) is 0 Å². The lowest BCUT2D eigenvalue weighted by molar-refractivity contribution is -0.385. The predicted molar refractivity (Wildman–Crippen MR) is 76.2 cm³/mol. The normalized spacial score (nSPS) is 10.4. The first-order chi connectivity index (χ1) is 9.10. The molecule has 0 aliphatic rings. The molecule has 2 aromatic rings. The summed E-state index contributed by atoms with van der Waals surface area (Å²) >= 11 is 3.15. The van der Waals surface area contributed by atoms with E-state index in [9.17, 15) is 10.1 Å². The number of hydrogen-bond acceptors (Lipinski definition) is 4. The Bertz CT molecular complexity index is 595. The first-order valence-corrected chi connectivity index (χ1v) is 6.65. The van der Waals surface area contributed by atoms with Gasteiger partial charge in [-0.25, -0.2) is 0 Å². The van der Waals surface area contributed by atoms with Crippen molar-refractivity contribution in [1.29, 1.82) is 0 Å². The second kappa shape index (κ2) is 5.88. The summed E-state index contributed by atoms with van der Waals surface area (Å²) < 4.78 is 6.02. The fourth-order valence-corrected chi connectivity index (χ4v) is 2.05. The summed E-state index contributed by atoms with van der Waals surface area (Å²) in [7, 11) is 0. The number of nitro benzene ring substituents is 1. The summed E-state index contributed by atoms with van der Waals surface area (Å²) in [5.41, 5.74) is 0.725. The number of benzene rings is 1. The largest absolute Gasteiger partial charge is 0.464 e. The Morgan fingerprint density at radius 2 is 2.05 bits per heavy atom. The van der Waals surface area contributed by atoms with E-state index < -0.39 is 4.92 Å². The summed E-state index contributed by atoms with van der Waals surface area (Å²) in [6.07, 6.45) is 0.851. The van der Waals surface area contributed by atoms with Crippen LogP contribution in [0.4, 0.5) is 11.4 Å². The lowest BCUT2D eigenvalue weighted by Crippen LogP contribution is -1.99. The maximum absolute atomic E-state index is 10.8. The van der Waals surface area contributed by atoms with Crippen LogP contribution >= 0.6 is 15.9 Å². The van der Waals surface area contributed by atoms with Crippen LogP contribution in [0.15, 0.2) is 39.2 Å². The van der Waals surface area contributed by atoms with Crippen LogP contribution in [0.1, 0.15) is 18.4 Å². The summed E-state index contributed by atoms with van der Waals surface area (Å²) in [6.45, 7) is 2.52. The van der Waals surface area contributed by atoms with Gasteiger partial charge in [0.1, 0.15) is 11.5 Å². The molecule has 0 fully saturated rings. The average Bonchev–Trinajstić information content (AvgIpc) is 2.85. The third-order valence-corrected chi connectivity index (χ3v) is 3.35. The van der Waals surface area contributed by atoms with E-state index in [-0.39, 0.29) is 5.69 Å². The highest BCUT2D eigenvalue weighted by molar-refractivity contribution is 9.10. The Kier molecular flexibility index (Phi) is 4.21. The van der Waals surface area contributed by atoms with Crippen LogP contribution in [-0.2, 0) is 13.0 Å². The Morgan fingerprint density at radius 3 is 2.68 bits per heavy atom. The van der Waals surface area contributed by atoms with E-state index in [1.807, 2.05) is 19.1 Å². The minimum Gasteiger partial charge on any atom is -0.464 e. The van der Waals surface area contributed by atoms with Gasteiger partial charge in [0.2, 0.25) is 0 Å². The van der Waals surface area contributed by atoms with E-state index in [0.29, 0.717) is 16.7 Å². The third-order valence-electron chi connectivity index (χ3n) is 2.68. The molecule has 1 heterocycles. The monoisotopic (exact) mass is 324 g/mol. The van der Waals surface area contributed by atoms with E-state index in [1.54, 1.807) is 12.1 Å². The molecule has 1 N–H and O–H groups in total. The number of halogens is 1. The van der Waals surface area contributed by atoms with Gasteiger partial charge in [-0.3, -0.25) is 10.1 Å². The van der Waals surface area contributed by atoms with Crippen molar-refractivity contribution in [3.05, 3.63) is 56.4 Å². The molecule has 1 aromatic heterocycles. The molecule has 100 valence electrons. The van der Waals surface area contributed by atoms with Crippen LogP contribution in [0, 0.1) is 10.1 Å². The second-order valence-corrected chi connectivity index (χ2v) is 4.85. The molecule has 0 unspecified atom stereocenters. The first kappa shape index (κ1) is 13.6. The molecule has 0 spiro atoms. The van der Waals surface area contributed by atoms with Gasteiger partial charge in [0.25, 0.3) is 5.69 Å². The zero-order valence-corrected chi connectivity index (χ0v) is 11.9. The third kappa shape index (κ3) is 3.35. The first-order valence-electron chi connectivity index (χ1n) is 5.85. The number of rotatable bonds is 5. The van der Waals surface area contributed by atoms with Crippen LogP contribution < -0.4 is 5.32 Å². The number of nitrogens with zero attached hydrogens (tertiary/aromatic N) is 1. The van der Waals surface area contributed by atoms with Crippen LogP contribution in [-0.4, -0.2) is 4.92 Å². The molecule has 1 aromatic carbocycles. The van der Waals surface area contributed by atoms with Gasteiger partial charge in [0.15, 0.2) is 0 Å². The molecular formula is C13H13BrN2O3. The van der Waals surface area contributed by atoms with Crippen molar-refractivity contribution in [1.82, 2.24) is 0 Å². The Balaban J connectivity index is 2.07. The fourth-order valence-electron chi connectivity index (χ4n) is 1.66. The lowest BCUT2D eigenvalue weighted by Gasteiger charge is -2.05. The highest BCUT2D eigenvalue weighted by Crippen LogP contribution is 2.28. The quantitative estimate of drug-likeness (QED) is 0.663. The molecule has 0 aliphatic carbocycles. The predicted octanol–water partition coefficient (Wildman–Crippen LogP) is 4.12. The van der Waals surface area contributed by atoms with Crippen molar-refractivity contribution >= 4 is 27.3 Å². The topological polar surface area (TPSA) is 68.3 Å². The summed E-state index contributed by atoms with van der Waals surface area (Å²) in [4.78, 5) is 10.4. The molecule has 0 amide bonds. The highest BCUT2D eigenvalue weighted by Gasteiger charge is 2.12. The van der Waals surface area contributed by atoms with Gasteiger partial charge in [-0.05, 0) is 40.2 Å². The molecular weight excluding hydrogens is 312 g/mol. The van der Waals surface area contributed by atoms with Gasteiger partial charge in [0.05, 0.1) is 15.9 Å². The van der Waals surface area contributed by atoms with E-state index in [0.717, 1.165) is 17.9 Å². The maximum atomic E-state index is 10.8. The Hall–Kier alpha value is -1.82. The van der Waals surface area contributed by atoms with Gasteiger partial charge in [0, 0.05) is 18.2 Å². The van der Waals surface area contributed by atoms with Crippen LogP contribution in [0.25, 0.3) is 0 Å². The van der Waals surface area contributed by atoms with Gasteiger partial charge in [-0.1, -0.05) is 6.92 Å². The second-order valence-electron chi connectivity index (χ2n) is 4.00. The SMILES string of the molecule is CCc1ccc(CNc2ccc(Br)c([N+](=O)[O-])c2)o1. The van der Waals surface area contributed by atoms with Crippen molar-refractivity contribution in [2.75, 3.05) is 5.32 Å². The van der Waals surface area contributed by atoms with Gasteiger partial charge >= 0.3 is 0 Å². The minimum absolute atomic E-state index is 0.0405. The van der Waals surface area contributed by atoms with E-state index >= 15 is 0 Å². The highest BCUT2D eigenvalue weighted by atomic mass is 79.9. The van der Waals surface area contributed by atoms with Crippen molar-refractivity contribution in [2.45, 2.75) is 19.9 Å². The standard InChI is InChI=1S/C13H13BrN2O3/c1-2-10-4-5-11(19-10)8-15-9-3-6-12(14)13(7-9)16(17)18/h3-7,15H,2,8H2,1H3. The van der Waals surface area contributed by atoms with Crippen molar-refractivity contribution in [2.24, 2.45) is 0 Å². The van der Waals surface area contributed by atoms with Crippen molar-refractivity contribution in [3.63, 3.8) is 0 Å². The molecule has 0 saturated carbocycles. The van der Waals surface area contributed by atoms with Crippen LogP contribution in [0.2, 0.25) is 0 Å². The summed E-state index contributed by atoms with van der Waals surface area (Å²) in [5.74, 6) is 1.74. The molecule has 0 radical (unpaired) electrons. The van der Waals surface area contributed by atoms with E-state index in [1.165, 1.54) is 6.07 Å². The Morgan fingerprint density at radius 1 is 1.32 bits per heavy atom.